The number of nitro groups is 1. The van der Waals surface area contributed by atoms with Crippen molar-refractivity contribution in [1.82, 2.24) is 0 Å². The number of aliphatic hydroxyl groups excluding tert-OH is 1. The Bertz CT molecular complexity index is 394. The third-order valence-electron chi connectivity index (χ3n) is 1.74. The second-order valence-electron chi connectivity index (χ2n) is 2.75. The summed E-state index contributed by atoms with van der Waals surface area (Å²) in [5, 5.41) is 18.8. The number of ketones is 1. The van der Waals surface area contributed by atoms with Gasteiger partial charge in [-0.1, -0.05) is 6.08 Å². The maximum Gasteiger partial charge on any atom is 0.269 e. The molecule has 0 saturated carbocycles. The largest absolute Gasteiger partial charge is 0.392 e. The number of allylic oxidation sites excluding steroid dienone is 1. The predicted octanol–water partition coefficient (Wildman–Crippen LogP) is 1.33. The van der Waals surface area contributed by atoms with Gasteiger partial charge >= 0.3 is 0 Å². The first-order valence-electron chi connectivity index (χ1n) is 4.21. The molecule has 0 aliphatic heterocycles. The number of carbonyl (C=O) groups is 1. The zero-order chi connectivity index (χ0) is 11.3. The van der Waals surface area contributed by atoms with E-state index in [0.717, 1.165) is 0 Å². The minimum atomic E-state index is -0.530. The third kappa shape index (κ3) is 2.99. The van der Waals surface area contributed by atoms with Gasteiger partial charge in [-0.25, -0.2) is 0 Å². The van der Waals surface area contributed by atoms with Crippen molar-refractivity contribution in [2.45, 2.75) is 0 Å². The molecule has 0 aliphatic rings. The van der Waals surface area contributed by atoms with Crippen molar-refractivity contribution in [3.63, 3.8) is 0 Å². The summed E-state index contributed by atoms with van der Waals surface area (Å²) in [6.45, 7) is -0.210. The fourth-order valence-corrected chi connectivity index (χ4v) is 1.00. The maximum absolute atomic E-state index is 11.3. The summed E-state index contributed by atoms with van der Waals surface area (Å²) in [5.74, 6) is -0.293. The number of carbonyl (C=O) groups excluding carboxylic acids is 1. The predicted molar refractivity (Wildman–Crippen MR) is 53.7 cm³/mol. The molecular weight excluding hydrogens is 198 g/mol. The van der Waals surface area contributed by atoms with Gasteiger partial charge in [0.15, 0.2) is 5.78 Å². The van der Waals surface area contributed by atoms with Crippen LogP contribution in [0.1, 0.15) is 10.4 Å². The van der Waals surface area contributed by atoms with Gasteiger partial charge in [-0.2, -0.15) is 0 Å². The van der Waals surface area contributed by atoms with Gasteiger partial charge in [0, 0.05) is 17.7 Å². The smallest absolute Gasteiger partial charge is 0.269 e. The molecule has 1 rings (SSSR count). The van der Waals surface area contributed by atoms with Gasteiger partial charge in [-0.05, 0) is 18.2 Å². The molecule has 0 spiro atoms. The van der Waals surface area contributed by atoms with Crippen molar-refractivity contribution in [1.29, 1.82) is 0 Å². The van der Waals surface area contributed by atoms with Gasteiger partial charge < -0.3 is 5.11 Å². The highest BCUT2D eigenvalue weighted by Crippen LogP contribution is 2.12. The molecule has 0 radical (unpaired) electrons. The Hall–Kier alpha value is -2.01. The van der Waals surface area contributed by atoms with Crippen molar-refractivity contribution in [2.75, 3.05) is 6.61 Å². The van der Waals surface area contributed by atoms with Crippen LogP contribution in [0.5, 0.6) is 0 Å². The zero-order valence-electron chi connectivity index (χ0n) is 7.79. The van der Waals surface area contributed by atoms with Gasteiger partial charge in [0.1, 0.15) is 0 Å². The molecule has 78 valence electrons. The molecule has 0 amide bonds. The van der Waals surface area contributed by atoms with Crippen LogP contribution in [0.4, 0.5) is 5.69 Å². The summed E-state index contributed by atoms with van der Waals surface area (Å²) < 4.78 is 0. The molecule has 1 aromatic carbocycles. The minimum Gasteiger partial charge on any atom is -0.392 e. The normalized spacial score (nSPS) is 10.5. The lowest BCUT2D eigenvalue weighted by Crippen LogP contribution is -1.95. The quantitative estimate of drug-likeness (QED) is 0.349. The standard InChI is InChI=1S/C10H9NO4/c12-7-1-2-10(13)8-3-5-9(6-4-8)11(14)15/h1-6,12H,7H2/b2-1+. The van der Waals surface area contributed by atoms with E-state index in [-0.39, 0.29) is 18.1 Å². The van der Waals surface area contributed by atoms with E-state index in [9.17, 15) is 14.9 Å². The summed E-state index contributed by atoms with van der Waals surface area (Å²) in [6, 6.07) is 5.28. The number of nitrogens with zero attached hydrogens (tertiary/aromatic N) is 1. The molecule has 0 aromatic heterocycles. The average molecular weight is 207 g/mol. The van der Waals surface area contributed by atoms with E-state index in [1.807, 2.05) is 0 Å². The molecule has 5 heteroatoms. The first-order valence-corrected chi connectivity index (χ1v) is 4.21. The average Bonchev–Trinajstić information content (AvgIpc) is 2.26. The number of non-ortho nitro benzene ring substituents is 1. The van der Waals surface area contributed by atoms with Crippen LogP contribution in [-0.4, -0.2) is 22.4 Å². The molecule has 0 bridgehead atoms. The van der Waals surface area contributed by atoms with Crippen molar-refractivity contribution in [3.05, 3.63) is 52.1 Å². The number of hydrogen-bond acceptors (Lipinski definition) is 4. The SMILES string of the molecule is O=C(/C=C/CO)c1ccc([N+](=O)[O-])cc1. The van der Waals surface area contributed by atoms with Crippen LogP contribution in [0.25, 0.3) is 0 Å². The van der Waals surface area contributed by atoms with Gasteiger partial charge in [0.2, 0.25) is 0 Å². The lowest BCUT2D eigenvalue weighted by Gasteiger charge is -1.94. The first kappa shape index (κ1) is 11.1. The number of nitro benzene ring substituents is 1. The second-order valence-corrected chi connectivity index (χ2v) is 2.75. The Kier molecular flexibility index (Phi) is 3.70. The Morgan fingerprint density at radius 2 is 2.00 bits per heavy atom. The highest BCUT2D eigenvalue weighted by Gasteiger charge is 2.06. The zero-order valence-corrected chi connectivity index (χ0v) is 7.79. The summed E-state index contributed by atoms with van der Waals surface area (Å²) in [4.78, 5) is 21.1. The molecule has 1 N–H and O–H groups in total. The monoisotopic (exact) mass is 207 g/mol. The molecule has 0 saturated heterocycles. The van der Waals surface area contributed by atoms with E-state index in [0.29, 0.717) is 5.56 Å². The summed E-state index contributed by atoms with van der Waals surface area (Å²) in [7, 11) is 0. The third-order valence-corrected chi connectivity index (χ3v) is 1.74. The highest BCUT2D eigenvalue weighted by molar-refractivity contribution is 6.04. The van der Waals surface area contributed by atoms with Gasteiger partial charge in [-0.15, -0.1) is 0 Å². The topological polar surface area (TPSA) is 80.4 Å². The molecule has 15 heavy (non-hydrogen) atoms. The van der Waals surface area contributed by atoms with Crippen LogP contribution in [-0.2, 0) is 0 Å². The highest BCUT2D eigenvalue weighted by atomic mass is 16.6. The maximum atomic E-state index is 11.3. The van der Waals surface area contributed by atoms with E-state index in [1.165, 1.54) is 36.4 Å². The van der Waals surface area contributed by atoms with Crippen LogP contribution < -0.4 is 0 Å². The Labute approximate surface area is 85.8 Å². The number of aliphatic hydroxyl groups is 1. The molecule has 1 aromatic rings. The van der Waals surface area contributed by atoms with Gasteiger partial charge in [0.05, 0.1) is 11.5 Å². The van der Waals surface area contributed by atoms with Gasteiger partial charge in [0.25, 0.3) is 5.69 Å². The Balaban J connectivity index is 2.84. The van der Waals surface area contributed by atoms with Crippen molar-refractivity contribution < 1.29 is 14.8 Å². The van der Waals surface area contributed by atoms with E-state index in [4.69, 9.17) is 5.11 Å². The molecule has 0 aliphatic carbocycles. The van der Waals surface area contributed by atoms with Crippen LogP contribution in [0.3, 0.4) is 0 Å². The van der Waals surface area contributed by atoms with Crippen LogP contribution in [0.2, 0.25) is 0 Å². The van der Waals surface area contributed by atoms with E-state index >= 15 is 0 Å². The lowest BCUT2D eigenvalue weighted by molar-refractivity contribution is -0.384. The molecule has 0 heterocycles. The van der Waals surface area contributed by atoms with Crippen molar-refractivity contribution in [3.8, 4) is 0 Å². The molecule has 0 fully saturated rings. The summed E-state index contributed by atoms with van der Waals surface area (Å²) in [6.07, 6.45) is 2.53. The molecule has 5 nitrogen and oxygen atoms in total. The summed E-state index contributed by atoms with van der Waals surface area (Å²) in [5.41, 5.74) is 0.294. The number of benzene rings is 1. The van der Waals surface area contributed by atoms with Gasteiger partial charge in [-0.3, -0.25) is 14.9 Å². The fraction of sp³-hybridized carbons (Fsp3) is 0.100. The fourth-order valence-electron chi connectivity index (χ4n) is 1.00. The lowest BCUT2D eigenvalue weighted by atomic mass is 10.1. The van der Waals surface area contributed by atoms with Crippen LogP contribution >= 0.6 is 0 Å². The summed E-state index contributed by atoms with van der Waals surface area (Å²) >= 11 is 0. The molecule has 0 atom stereocenters. The first-order chi connectivity index (χ1) is 7.15. The van der Waals surface area contributed by atoms with Crippen molar-refractivity contribution >= 4 is 11.5 Å². The molecular formula is C10H9NO4. The number of hydrogen-bond donors (Lipinski definition) is 1. The van der Waals surface area contributed by atoms with Crippen molar-refractivity contribution in [2.24, 2.45) is 0 Å². The van der Waals surface area contributed by atoms with E-state index in [2.05, 4.69) is 0 Å². The Morgan fingerprint density at radius 1 is 1.40 bits per heavy atom. The Morgan fingerprint density at radius 3 is 2.47 bits per heavy atom. The van der Waals surface area contributed by atoms with Crippen LogP contribution in [0, 0.1) is 10.1 Å². The molecule has 0 unspecified atom stereocenters. The second kappa shape index (κ2) is 5.02. The van der Waals surface area contributed by atoms with E-state index in [1.54, 1.807) is 0 Å². The van der Waals surface area contributed by atoms with E-state index < -0.39 is 4.92 Å². The van der Waals surface area contributed by atoms with Crippen LogP contribution in [0.15, 0.2) is 36.4 Å². The minimum absolute atomic E-state index is 0.0577. The number of rotatable bonds is 4.